The number of anilines is 2. The molecule has 3 aromatic rings. The van der Waals surface area contributed by atoms with Gasteiger partial charge in [-0.3, -0.25) is 0 Å². The van der Waals surface area contributed by atoms with E-state index in [1.165, 1.54) is 6.07 Å². The molecular formula is C18H20FN5. The fourth-order valence-electron chi connectivity index (χ4n) is 3.26. The third-order valence-corrected chi connectivity index (χ3v) is 4.55. The number of halogens is 1. The molecule has 4 rings (SSSR count). The molecule has 2 aromatic carbocycles. The second-order valence-electron chi connectivity index (χ2n) is 6.01. The van der Waals surface area contributed by atoms with Crippen molar-refractivity contribution in [3.8, 4) is 0 Å². The molecule has 1 aromatic heterocycles. The lowest BCUT2D eigenvalue weighted by atomic mass is 10.2. The fourth-order valence-corrected chi connectivity index (χ4v) is 3.26. The van der Waals surface area contributed by atoms with E-state index in [-0.39, 0.29) is 5.82 Å². The summed E-state index contributed by atoms with van der Waals surface area (Å²) >= 11 is 0. The summed E-state index contributed by atoms with van der Waals surface area (Å²) in [5.41, 5.74) is 9.42. The van der Waals surface area contributed by atoms with E-state index in [1.54, 1.807) is 6.07 Å². The number of piperazine rings is 1. The summed E-state index contributed by atoms with van der Waals surface area (Å²) in [4.78, 5) is 12.1. The maximum atomic E-state index is 13.9. The van der Waals surface area contributed by atoms with Crippen LogP contribution in [0.4, 0.5) is 15.8 Å². The van der Waals surface area contributed by atoms with Gasteiger partial charge < -0.3 is 20.5 Å². The highest BCUT2D eigenvalue weighted by Crippen LogP contribution is 2.25. The Kier molecular flexibility index (Phi) is 3.82. The third-order valence-electron chi connectivity index (χ3n) is 4.55. The minimum Gasteiger partial charge on any atom is -0.368 e. The molecule has 1 aliphatic heterocycles. The first-order valence-corrected chi connectivity index (χ1v) is 8.18. The zero-order chi connectivity index (χ0) is 16.5. The van der Waals surface area contributed by atoms with Gasteiger partial charge in [-0.05, 0) is 30.3 Å². The van der Waals surface area contributed by atoms with Crippen molar-refractivity contribution in [2.45, 2.75) is 6.54 Å². The van der Waals surface area contributed by atoms with Crippen LogP contribution < -0.4 is 15.5 Å². The van der Waals surface area contributed by atoms with Gasteiger partial charge in [0, 0.05) is 31.9 Å². The number of benzene rings is 2. The Morgan fingerprint density at radius 2 is 1.79 bits per heavy atom. The van der Waals surface area contributed by atoms with Gasteiger partial charge in [-0.2, -0.15) is 0 Å². The molecule has 0 aliphatic carbocycles. The SMILES string of the molecule is NCc1nc2ccc(N3CCN(c4ccccc4F)CC3)cc2[nH]1. The number of H-pyrrole nitrogens is 1. The third kappa shape index (κ3) is 2.69. The average molecular weight is 325 g/mol. The van der Waals surface area contributed by atoms with Gasteiger partial charge in [0.25, 0.3) is 0 Å². The summed E-state index contributed by atoms with van der Waals surface area (Å²) in [5.74, 6) is 0.644. The quantitative estimate of drug-likeness (QED) is 0.777. The number of aromatic nitrogens is 2. The lowest BCUT2D eigenvalue weighted by molar-refractivity contribution is 0.598. The van der Waals surface area contributed by atoms with Crippen LogP contribution in [0.1, 0.15) is 5.82 Å². The van der Waals surface area contributed by atoms with E-state index < -0.39 is 0 Å². The number of aromatic amines is 1. The Bertz CT molecular complexity index is 851. The van der Waals surface area contributed by atoms with Crippen LogP contribution in [-0.2, 0) is 6.54 Å². The first-order chi connectivity index (χ1) is 11.7. The average Bonchev–Trinajstić information content (AvgIpc) is 3.05. The highest BCUT2D eigenvalue weighted by Gasteiger charge is 2.19. The maximum absolute atomic E-state index is 13.9. The van der Waals surface area contributed by atoms with Crippen molar-refractivity contribution < 1.29 is 4.39 Å². The molecule has 0 saturated carbocycles. The molecule has 0 amide bonds. The summed E-state index contributed by atoms with van der Waals surface area (Å²) in [6.07, 6.45) is 0. The molecule has 0 unspecified atom stereocenters. The maximum Gasteiger partial charge on any atom is 0.146 e. The predicted molar refractivity (Wildman–Crippen MR) is 94.8 cm³/mol. The largest absolute Gasteiger partial charge is 0.368 e. The van der Waals surface area contributed by atoms with Gasteiger partial charge in [-0.25, -0.2) is 9.37 Å². The van der Waals surface area contributed by atoms with Crippen molar-refractivity contribution in [1.82, 2.24) is 9.97 Å². The van der Waals surface area contributed by atoms with Crippen molar-refractivity contribution in [2.24, 2.45) is 5.73 Å². The van der Waals surface area contributed by atoms with Crippen LogP contribution in [0.5, 0.6) is 0 Å². The monoisotopic (exact) mass is 325 g/mol. The van der Waals surface area contributed by atoms with Gasteiger partial charge in [0.15, 0.2) is 0 Å². The summed E-state index contributed by atoms with van der Waals surface area (Å²) in [6.45, 7) is 3.73. The molecule has 0 spiro atoms. The molecule has 0 bridgehead atoms. The molecule has 6 heteroatoms. The minimum atomic E-state index is -0.154. The van der Waals surface area contributed by atoms with Gasteiger partial charge in [-0.1, -0.05) is 12.1 Å². The number of nitrogens with two attached hydrogens (primary N) is 1. The molecule has 24 heavy (non-hydrogen) atoms. The molecule has 5 nitrogen and oxygen atoms in total. The standard InChI is InChI=1S/C18H20FN5/c19-14-3-1-2-4-17(14)24-9-7-23(8-10-24)13-5-6-15-16(11-13)22-18(12-20)21-15/h1-6,11H,7-10,12,20H2,(H,21,22). The van der Waals surface area contributed by atoms with Gasteiger partial charge >= 0.3 is 0 Å². The molecule has 1 fully saturated rings. The number of nitrogens with one attached hydrogen (secondary N) is 1. The lowest BCUT2D eigenvalue weighted by Crippen LogP contribution is -2.46. The number of fused-ring (bicyclic) bond motifs is 1. The highest BCUT2D eigenvalue weighted by atomic mass is 19.1. The molecular weight excluding hydrogens is 305 g/mol. The van der Waals surface area contributed by atoms with Gasteiger partial charge in [0.2, 0.25) is 0 Å². The molecule has 124 valence electrons. The number of rotatable bonds is 3. The van der Waals surface area contributed by atoms with E-state index in [0.717, 1.165) is 48.7 Å². The van der Waals surface area contributed by atoms with E-state index in [4.69, 9.17) is 5.73 Å². The van der Waals surface area contributed by atoms with E-state index in [0.29, 0.717) is 12.2 Å². The van der Waals surface area contributed by atoms with Crippen molar-refractivity contribution >= 4 is 22.4 Å². The van der Waals surface area contributed by atoms with Crippen LogP contribution in [0.2, 0.25) is 0 Å². The van der Waals surface area contributed by atoms with Crippen LogP contribution in [-0.4, -0.2) is 36.1 Å². The van der Waals surface area contributed by atoms with Gasteiger partial charge in [-0.15, -0.1) is 0 Å². The number of hydrogen-bond acceptors (Lipinski definition) is 4. The first-order valence-electron chi connectivity index (χ1n) is 8.18. The molecule has 3 N–H and O–H groups in total. The van der Waals surface area contributed by atoms with Crippen LogP contribution >= 0.6 is 0 Å². The van der Waals surface area contributed by atoms with E-state index in [2.05, 4.69) is 31.9 Å². The Balaban J connectivity index is 1.50. The second kappa shape index (κ2) is 6.13. The topological polar surface area (TPSA) is 61.2 Å². The number of hydrogen-bond donors (Lipinski definition) is 2. The Morgan fingerprint density at radius 1 is 1.04 bits per heavy atom. The van der Waals surface area contributed by atoms with Crippen molar-refractivity contribution in [1.29, 1.82) is 0 Å². The number of imidazole rings is 1. The molecule has 2 heterocycles. The van der Waals surface area contributed by atoms with Crippen molar-refractivity contribution in [2.75, 3.05) is 36.0 Å². The Morgan fingerprint density at radius 3 is 2.54 bits per heavy atom. The van der Waals surface area contributed by atoms with E-state index in [9.17, 15) is 4.39 Å². The van der Waals surface area contributed by atoms with E-state index >= 15 is 0 Å². The molecule has 1 aliphatic rings. The van der Waals surface area contributed by atoms with Crippen molar-refractivity contribution in [3.05, 3.63) is 54.1 Å². The van der Waals surface area contributed by atoms with E-state index in [1.807, 2.05) is 18.2 Å². The van der Waals surface area contributed by atoms with Gasteiger partial charge in [0.1, 0.15) is 11.6 Å². The predicted octanol–water partition coefficient (Wildman–Crippen LogP) is 2.49. The molecule has 0 radical (unpaired) electrons. The minimum absolute atomic E-state index is 0.154. The molecule has 1 saturated heterocycles. The van der Waals surface area contributed by atoms with Crippen molar-refractivity contribution in [3.63, 3.8) is 0 Å². The van der Waals surface area contributed by atoms with Crippen LogP contribution in [0, 0.1) is 5.82 Å². The highest BCUT2D eigenvalue weighted by molar-refractivity contribution is 5.79. The normalized spacial score (nSPS) is 15.2. The summed E-state index contributed by atoms with van der Waals surface area (Å²) in [5, 5.41) is 0. The Hall–Kier alpha value is -2.60. The first kappa shape index (κ1) is 15.0. The fraction of sp³-hybridized carbons (Fsp3) is 0.278. The van der Waals surface area contributed by atoms with Crippen LogP contribution in [0.15, 0.2) is 42.5 Å². The van der Waals surface area contributed by atoms with Crippen LogP contribution in [0.3, 0.4) is 0 Å². The zero-order valence-corrected chi connectivity index (χ0v) is 13.4. The number of para-hydroxylation sites is 1. The van der Waals surface area contributed by atoms with Crippen LogP contribution in [0.25, 0.3) is 11.0 Å². The number of nitrogens with zero attached hydrogens (tertiary/aromatic N) is 3. The molecule has 0 atom stereocenters. The smallest absolute Gasteiger partial charge is 0.146 e. The summed E-state index contributed by atoms with van der Waals surface area (Å²) in [7, 11) is 0. The Labute approximate surface area is 139 Å². The second-order valence-corrected chi connectivity index (χ2v) is 6.01. The lowest BCUT2D eigenvalue weighted by Gasteiger charge is -2.37. The summed E-state index contributed by atoms with van der Waals surface area (Å²) in [6, 6.07) is 13.2. The van der Waals surface area contributed by atoms with Gasteiger partial charge in [0.05, 0.1) is 23.3 Å². The summed E-state index contributed by atoms with van der Waals surface area (Å²) < 4.78 is 13.9. The zero-order valence-electron chi connectivity index (χ0n) is 13.4.